The second-order valence-corrected chi connectivity index (χ2v) is 25.1. The number of halogens is 3. The third kappa shape index (κ3) is 14.7. The molecule has 2 fully saturated rings. The van der Waals surface area contributed by atoms with E-state index < -0.39 is 11.4 Å². The first kappa shape index (κ1) is 63.1. The van der Waals surface area contributed by atoms with Gasteiger partial charge in [-0.25, -0.2) is 19.2 Å². The summed E-state index contributed by atoms with van der Waals surface area (Å²) >= 11 is 12.8. The summed E-state index contributed by atoms with van der Waals surface area (Å²) in [5.74, 6) is 0.972. The minimum absolute atomic E-state index is 0.0584. The Kier molecular flexibility index (Phi) is 20.5. The molecule has 3 aliphatic heterocycles. The van der Waals surface area contributed by atoms with E-state index in [1.54, 1.807) is 11.7 Å². The maximum atomic E-state index is 14.8. The van der Waals surface area contributed by atoms with Gasteiger partial charge in [-0.15, -0.1) is 0 Å². The molecule has 3 N–H and O–H groups in total. The summed E-state index contributed by atoms with van der Waals surface area (Å²) in [5, 5.41) is 20.0. The zero-order chi connectivity index (χ0) is 61.3. The van der Waals surface area contributed by atoms with Crippen LogP contribution in [0.3, 0.4) is 0 Å². The Balaban J connectivity index is 0.753. The number of hydrogen-bond donors (Lipinski definition) is 2. The van der Waals surface area contributed by atoms with Gasteiger partial charge in [-0.05, 0) is 135 Å². The lowest BCUT2D eigenvalue weighted by Crippen LogP contribution is -2.53. The van der Waals surface area contributed by atoms with Crippen LogP contribution in [0.2, 0.25) is 10.0 Å². The molecule has 16 nitrogen and oxygen atoms in total. The Bertz CT molecular complexity index is 3460. The van der Waals surface area contributed by atoms with Crippen molar-refractivity contribution in [2.75, 3.05) is 63.6 Å². The molecule has 2 saturated heterocycles. The number of ether oxygens (including phenoxy) is 1. The topological polar surface area (TPSA) is 191 Å². The molecule has 2 bridgehead atoms. The van der Waals surface area contributed by atoms with Crippen LogP contribution in [0.15, 0.2) is 96.1 Å². The van der Waals surface area contributed by atoms with Crippen LogP contribution in [0.25, 0.3) is 11.3 Å². The summed E-state index contributed by atoms with van der Waals surface area (Å²) < 4.78 is 22.7. The molecule has 3 amide bonds. The lowest BCUT2D eigenvalue weighted by Gasteiger charge is -2.36. The fraction of sp³-hybridized carbons (Fsp3) is 0.463. The van der Waals surface area contributed by atoms with E-state index in [2.05, 4.69) is 68.0 Å². The van der Waals surface area contributed by atoms with Gasteiger partial charge in [0.1, 0.15) is 34.9 Å². The Morgan fingerprint density at radius 3 is 2.24 bits per heavy atom. The van der Waals surface area contributed by atoms with E-state index in [-0.39, 0.29) is 53.2 Å². The maximum absolute atomic E-state index is 14.8. The minimum Gasteiger partial charge on any atom is -0.493 e. The number of nitrogens with two attached hydrogens (primary N) is 1. The minimum atomic E-state index is -0.871. The fourth-order valence-corrected chi connectivity index (χ4v) is 12.4. The molecule has 3 aliphatic rings. The number of benzene rings is 4. The van der Waals surface area contributed by atoms with Crippen molar-refractivity contribution in [1.29, 1.82) is 5.26 Å². The lowest BCUT2D eigenvalue weighted by atomic mass is 9.77. The first-order chi connectivity index (χ1) is 41.3. The van der Waals surface area contributed by atoms with Gasteiger partial charge >= 0.3 is 6.03 Å². The second kappa shape index (κ2) is 28.0. The number of nitrogens with zero attached hydrogens (tertiary/aromatic N) is 10. The molecule has 0 aliphatic carbocycles. The first-order valence-electron chi connectivity index (χ1n) is 30.4. The van der Waals surface area contributed by atoms with Crippen molar-refractivity contribution in [2.45, 2.75) is 148 Å². The number of carbonyl (C=O) groups excluding carboxylic acids is 3. The Morgan fingerprint density at radius 2 is 1.55 bits per heavy atom. The van der Waals surface area contributed by atoms with Crippen molar-refractivity contribution < 1.29 is 23.5 Å². The summed E-state index contributed by atoms with van der Waals surface area (Å²) in [4.78, 5) is 64.5. The van der Waals surface area contributed by atoms with Gasteiger partial charge in [0.2, 0.25) is 0 Å². The normalized spacial score (nSPS) is 16.7. The van der Waals surface area contributed by atoms with Crippen molar-refractivity contribution in [3.05, 3.63) is 152 Å². The molecule has 0 saturated carbocycles. The van der Waals surface area contributed by atoms with Crippen LogP contribution in [-0.2, 0) is 28.8 Å². The zero-order valence-corrected chi connectivity index (χ0v) is 52.3. The van der Waals surface area contributed by atoms with Crippen LogP contribution in [0.4, 0.5) is 20.8 Å². The van der Waals surface area contributed by atoms with Crippen molar-refractivity contribution in [3.8, 4) is 23.1 Å². The van der Waals surface area contributed by atoms with Crippen LogP contribution in [-0.4, -0.2) is 111 Å². The number of nitriles is 1. The number of nitrogens with one attached hydrogen (secondary N) is 1. The number of ketones is 1. The van der Waals surface area contributed by atoms with Crippen LogP contribution >= 0.6 is 23.2 Å². The molecule has 86 heavy (non-hydrogen) atoms. The van der Waals surface area contributed by atoms with E-state index in [1.165, 1.54) is 29.3 Å². The monoisotopic (exact) mass is 1210 g/mol. The average molecular weight is 1210 g/mol. The molecule has 0 radical (unpaired) electrons. The maximum Gasteiger partial charge on any atom is 0.323 e. The van der Waals surface area contributed by atoms with Gasteiger partial charge in [0.15, 0.2) is 11.6 Å². The van der Waals surface area contributed by atoms with Gasteiger partial charge in [0.05, 0.1) is 53.4 Å². The Morgan fingerprint density at radius 1 is 0.872 bits per heavy atom. The number of aromatic nitrogens is 4. The number of aliphatic imine (C=N–C) groups is 1. The summed E-state index contributed by atoms with van der Waals surface area (Å²) in [6, 6.07) is 27.7. The summed E-state index contributed by atoms with van der Waals surface area (Å²) in [7, 11) is 1.67. The number of Topliss-reactive ketones (excluding diaryl/α,β-unsaturated/α-hetero) is 1. The number of carbonyl (C=O) groups is 3. The van der Waals surface area contributed by atoms with E-state index in [0.29, 0.717) is 120 Å². The Labute approximate surface area is 515 Å². The molecule has 9 rings (SSSR count). The number of nitrogen functional groups attached to an aromatic ring is 1. The first-order valence-corrected chi connectivity index (χ1v) is 31.1. The van der Waals surface area contributed by atoms with Gasteiger partial charge in [-0.3, -0.25) is 29.5 Å². The lowest BCUT2D eigenvalue weighted by molar-refractivity contribution is -0.119. The highest BCUT2D eigenvalue weighted by Gasteiger charge is 2.38. The molecule has 2 aromatic heterocycles. The average Bonchev–Trinajstić information content (AvgIpc) is 2.14. The molecule has 0 spiro atoms. The number of rotatable bonds is 20. The van der Waals surface area contributed by atoms with Crippen molar-refractivity contribution >= 4 is 58.4 Å². The summed E-state index contributed by atoms with van der Waals surface area (Å²) in [6.45, 7) is 17.7. The third-order valence-electron chi connectivity index (χ3n) is 17.3. The van der Waals surface area contributed by atoms with E-state index in [1.807, 2.05) is 71.3 Å². The molecule has 3 atom stereocenters. The predicted molar refractivity (Wildman–Crippen MR) is 339 cm³/mol. The number of hydrogen-bond acceptors (Lipinski definition) is 12. The number of amides is 3. The van der Waals surface area contributed by atoms with Gasteiger partial charge in [-0.2, -0.15) is 10.4 Å². The number of anilines is 2. The van der Waals surface area contributed by atoms with E-state index in [9.17, 15) is 24.0 Å². The van der Waals surface area contributed by atoms with Gasteiger partial charge in [-0.1, -0.05) is 107 Å². The number of piperazine rings is 1. The number of unbranched alkanes of at least 4 members (excludes halogenated alkanes) is 5. The quantitative estimate of drug-likeness (QED) is 0.0420. The largest absolute Gasteiger partial charge is 0.493 e. The molecule has 454 valence electrons. The van der Waals surface area contributed by atoms with Crippen LogP contribution < -0.4 is 20.7 Å². The van der Waals surface area contributed by atoms with E-state index in [0.717, 1.165) is 81.3 Å². The van der Waals surface area contributed by atoms with Gasteiger partial charge in [0.25, 0.3) is 5.91 Å². The van der Waals surface area contributed by atoms with E-state index >= 15 is 0 Å². The molecule has 4 aromatic carbocycles. The van der Waals surface area contributed by atoms with Crippen molar-refractivity contribution in [3.63, 3.8) is 0 Å². The number of amidine groups is 1. The highest BCUT2D eigenvalue weighted by molar-refractivity contribution is 6.30. The fourth-order valence-electron chi connectivity index (χ4n) is 12.1. The molecule has 19 heteroatoms. The third-order valence-corrected chi connectivity index (χ3v) is 17.8. The smallest absolute Gasteiger partial charge is 0.323 e. The molecular formula is C67H81Cl2FN12O4. The molecule has 6 aromatic rings. The van der Waals surface area contributed by atoms with Crippen LogP contribution in [0, 0.1) is 17.1 Å². The summed E-state index contributed by atoms with van der Waals surface area (Å²) in [6.07, 6.45) is 10.3. The predicted octanol–water partition coefficient (Wildman–Crippen LogP) is 13.4. The SMILES string of the molecule is CCOc1cc(C(C)(C)C)ccc1C(=N[C@@](C)(c1ccc(Cl)cc1)[C@@H](C)c1ccc(Cl)cc1)NC(=O)N1CCN(CCCCCCCCC(=O)CCCn2nc3c(c2C#N)-c2cnc(N)c(n2)N2CCC[C@@H]2c2cc(F)ccc2C(=O)N(C)C3)CC1. The Hall–Kier alpha value is -7.39. The highest BCUT2D eigenvalue weighted by Crippen LogP contribution is 2.44. The van der Waals surface area contributed by atoms with Crippen LogP contribution in [0.1, 0.15) is 174 Å². The second-order valence-electron chi connectivity index (χ2n) is 24.3. The van der Waals surface area contributed by atoms with Crippen molar-refractivity contribution in [1.82, 2.24) is 39.8 Å². The van der Waals surface area contributed by atoms with Gasteiger partial charge in [0, 0.05) is 80.7 Å². The summed E-state index contributed by atoms with van der Waals surface area (Å²) in [5.41, 5.74) is 11.8. The standard InChI is InChI=1S/C67H81Cl2FN12O4/c1-8-86-59-39-47(66(3,4)5)24-30-53(59)62(76-67(6,46-22-27-49(69)28-23-46)44(2)45-20-25-48(68)26-21-45)75-65(85)80-37-35-79(36-38-80)32-14-12-10-9-11-13-17-51(83)18-15-34-82-58(41-71)60-55-42-73-61(72)63(74-55)81-33-16-19-57(81)54-40-50(70)29-31-52(54)64(84)78(7)43-56(60)77-82/h20-31,39-40,42,44,57H,8-19,32-38,43H2,1-7H3,(H2,72,73)(H,75,76,85)/t44-,57+,67+/m0/s1. The highest BCUT2D eigenvalue weighted by atomic mass is 35.5. The van der Waals surface area contributed by atoms with E-state index in [4.69, 9.17) is 48.7 Å². The molecular weight excluding hydrogens is 1130 g/mol. The molecule has 5 heterocycles. The van der Waals surface area contributed by atoms with Crippen molar-refractivity contribution in [2.24, 2.45) is 4.99 Å². The van der Waals surface area contributed by atoms with Crippen LogP contribution in [0.5, 0.6) is 5.75 Å². The zero-order valence-electron chi connectivity index (χ0n) is 50.8. The number of aryl methyl sites for hydroxylation is 1. The van der Waals surface area contributed by atoms with Gasteiger partial charge < -0.3 is 25.2 Å². The molecule has 0 unspecified atom stereocenters. The number of urea groups is 1. The number of fused-ring (bicyclic) bond motifs is 8.